The molecule has 1 heterocycles. The fourth-order valence-electron chi connectivity index (χ4n) is 2.72. The summed E-state index contributed by atoms with van der Waals surface area (Å²) in [5.41, 5.74) is 0. The van der Waals surface area contributed by atoms with E-state index in [1.54, 1.807) is 0 Å². The highest BCUT2D eigenvalue weighted by Crippen LogP contribution is 2.39. The molecule has 2 fully saturated rings. The van der Waals surface area contributed by atoms with Crippen LogP contribution >= 0.6 is 0 Å². The Bertz CT molecular complexity index is 215. The molecule has 3 heteroatoms. The molecule has 3 nitrogen and oxygen atoms in total. The lowest BCUT2D eigenvalue weighted by Crippen LogP contribution is -2.35. The van der Waals surface area contributed by atoms with Crippen molar-refractivity contribution in [1.82, 2.24) is 0 Å². The molecule has 0 aromatic rings. The van der Waals surface area contributed by atoms with E-state index in [0.29, 0.717) is 18.6 Å². The number of rotatable bonds is 2. The second-order valence-corrected chi connectivity index (χ2v) is 4.15. The van der Waals surface area contributed by atoms with Crippen LogP contribution in [0.4, 0.5) is 0 Å². The van der Waals surface area contributed by atoms with Gasteiger partial charge in [-0.25, -0.2) is 0 Å². The molecular formula is C11H18O3. The van der Waals surface area contributed by atoms with Crippen LogP contribution in [0.15, 0.2) is 0 Å². The van der Waals surface area contributed by atoms with E-state index < -0.39 is 0 Å². The number of carbonyl (C=O) groups is 1. The zero-order valence-corrected chi connectivity index (χ0v) is 8.70. The summed E-state index contributed by atoms with van der Waals surface area (Å²) in [7, 11) is 0. The number of hydrogen-bond acceptors (Lipinski definition) is 3. The average molecular weight is 198 g/mol. The number of hydrogen-bond donors (Lipinski definition) is 0. The van der Waals surface area contributed by atoms with Gasteiger partial charge in [0.1, 0.15) is 0 Å². The normalized spacial score (nSPS) is 36.5. The first-order valence-electron chi connectivity index (χ1n) is 5.61. The van der Waals surface area contributed by atoms with Crippen molar-refractivity contribution in [3.63, 3.8) is 0 Å². The Labute approximate surface area is 84.8 Å². The van der Waals surface area contributed by atoms with Crippen LogP contribution < -0.4 is 0 Å². The summed E-state index contributed by atoms with van der Waals surface area (Å²) < 4.78 is 10.7. The fourth-order valence-corrected chi connectivity index (χ4v) is 2.72. The molecule has 0 aromatic carbocycles. The third-order valence-corrected chi connectivity index (χ3v) is 3.37. The molecular weight excluding hydrogens is 180 g/mol. The number of carbonyl (C=O) groups excluding carboxylic acids is 1. The lowest BCUT2D eigenvalue weighted by atomic mass is 9.77. The Morgan fingerprint density at radius 1 is 1.43 bits per heavy atom. The van der Waals surface area contributed by atoms with Crippen LogP contribution in [0.1, 0.15) is 32.6 Å². The molecule has 80 valence electrons. The first-order chi connectivity index (χ1) is 6.83. The average Bonchev–Trinajstić information content (AvgIpc) is 2.65. The van der Waals surface area contributed by atoms with E-state index in [0.717, 1.165) is 32.3 Å². The summed E-state index contributed by atoms with van der Waals surface area (Å²) in [5.74, 6) is 0.534. The summed E-state index contributed by atoms with van der Waals surface area (Å²) in [6.45, 7) is 3.18. The van der Waals surface area contributed by atoms with Crippen LogP contribution in [0.25, 0.3) is 0 Å². The van der Waals surface area contributed by atoms with Crippen LogP contribution in [0, 0.1) is 11.8 Å². The monoisotopic (exact) mass is 198 g/mol. The Balaban J connectivity index is 1.99. The molecule has 1 aliphatic heterocycles. The minimum atomic E-state index is -0.00676. The molecule has 3 atom stereocenters. The fraction of sp³-hybridized carbons (Fsp3) is 0.909. The Kier molecular flexibility index (Phi) is 3.06. The van der Waals surface area contributed by atoms with E-state index in [4.69, 9.17) is 9.47 Å². The molecule has 0 spiro atoms. The second kappa shape index (κ2) is 4.30. The highest BCUT2D eigenvalue weighted by atomic mass is 16.5. The molecule has 2 aliphatic rings. The predicted molar refractivity (Wildman–Crippen MR) is 51.8 cm³/mol. The topological polar surface area (TPSA) is 35.5 Å². The van der Waals surface area contributed by atoms with E-state index in [9.17, 15) is 4.79 Å². The van der Waals surface area contributed by atoms with E-state index in [1.807, 2.05) is 6.92 Å². The zero-order valence-electron chi connectivity index (χ0n) is 8.70. The third-order valence-electron chi connectivity index (χ3n) is 3.37. The Morgan fingerprint density at radius 3 is 3.07 bits per heavy atom. The Morgan fingerprint density at radius 2 is 2.29 bits per heavy atom. The third kappa shape index (κ3) is 1.78. The maximum atomic E-state index is 11.7. The van der Waals surface area contributed by atoms with Gasteiger partial charge in [-0.05, 0) is 32.6 Å². The summed E-state index contributed by atoms with van der Waals surface area (Å²) in [6.07, 6.45) is 4.58. The van der Waals surface area contributed by atoms with Gasteiger partial charge in [0.15, 0.2) is 0 Å². The van der Waals surface area contributed by atoms with Gasteiger partial charge in [0, 0.05) is 12.5 Å². The molecule has 0 unspecified atom stereocenters. The molecule has 1 saturated carbocycles. The lowest BCUT2D eigenvalue weighted by Gasteiger charge is -2.30. The van der Waals surface area contributed by atoms with Crippen molar-refractivity contribution >= 4 is 5.97 Å². The van der Waals surface area contributed by atoms with Crippen molar-refractivity contribution in [3.8, 4) is 0 Å². The molecule has 0 radical (unpaired) electrons. The van der Waals surface area contributed by atoms with Crippen LogP contribution in [0.5, 0.6) is 0 Å². The first kappa shape index (κ1) is 9.97. The minimum absolute atomic E-state index is 0.00676. The van der Waals surface area contributed by atoms with Crippen LogP contribution in [-0.4, -0.2) is 25.3 Å². The van der Waals surface area contributed by atoms with Crippen LogP contribution in [0.2, 0.25) is 0 Å². The van der Waals surface area contributed by atoms with Crippen LogP contribution in [-0.2, 0) is 14.3 Å². The quantitative estimate of drug-likeness (QED) is 0.634. The zero-order chi connectivity index (χ0) is 9.97. The second-order valence-electron chi connectivity index (χ2n) is 4.15. The number of ether oxygens (including phenoxy) is 2. The van der Waals surface area contributed by atoms with E-state index in [-0.39, 0.29) is 11.9 Å². The summed E-state index contributed by atoms with van der Waals surface area (Å²) >= 11 is 0. The first-order valence-corrected chi connectivity index (χ1v) is 5.61. The maximum Gasteiger partial charge on any atom is 0.309 e. The van der Waals surface area contributed by atoms with Gasteiger partial charge in [-0.1, -0.05) is 0 Å². The summed E-state index contributed by atoms with van der Waals surface area (Å²) in [4.78, 5) is 11.7. The summed E-state index contributed by atoms with van der Waals surface area (Å²) in [6, 6.07) is 0. The van der Waals surface area contributed by atoms with Gasteiger partial charge in [-0.3, -0.25) is 4.79 Å². The van der Waals surface area contributed by atoms with Crippen molar-refractivity contribution in [3.05, 3.63) is 0 Å². The Hall–Kier alpha value is -0.570. The van der Waals surface area contributed by atoms with Crippen molar-refractivity contribution in [2.45, 2.75) is 38.7 Å². The smallest absolute Gasteiger partial charge is 0.309 e. The van der Waals surface area contributed by atoms with Gasteiger partial charge >= 0.3 is 5.97 Å². The molecule has 0 N–H and O–H groups in total. The van der Waals surface area contributed by atoms with Gasteiger partial charge in [0.05, 0.1) is 18.6 Å². The number of esters is 1. The largest absolute Gasteiger partial charge is 0.466 e. The van der Waals surface area contributed by atoms with E-state index in [2.05, 4.69) is 0 Å². The maximum absolute atomic E-state index is 11.7. The van der Waals surface area contributed by atoms with Crippen LogP contribution in [0.3, 0.4) is 0 Å². The summed E-state index contributed by atoms with van der Waals surface area (Å²) in [5, 5.41) is 0. The van der Waals surface area contributed by atoms with Crippen molar-refractivity contribution in [2.75, 3.05) is 13.2 Å². The van der Waals surface area contributed by atoms with Crippen molar-refractivity contribution < 1.29 is 14.3 Å². The molecule has 1 saturated heterocycles. The molecule has 2 rings (SSSR count). The van der Waals surface area contributed by atoms with Crippen molar-refractivity contribution in [2.24, 2.45) is 11.8 Å². The van der Waals surface area contributed by atoms with Gasteiger partial charge in [-0.2, -0.15) is 0 Å². The van der Waals surface area contributed by atoms with Gasteiger partial charge in [0.25, 0.3) is 0 Å². The molecule has 0 bridgehead atoms. The minimum Gasteiger partial charge on any atom is -0.466 e. The van der Waals surface area contributed by atoms with Crippen molar-refractivity contribution in [1.29, 1.82) is 0 Å². The highest BCUT2D eigenvalue weighted by molar-refractivity contribution is 5.73. The predicted octanol–water partition coefficient (Wildman–Crippen LogP) is 1.75. The molecule has 0 aromatic heterocycles. The van der Waals surface area contributed by atoms with Gasteiger partial charge < -0.3 is 9.47 Å². The SMILES string of the molecule is CCOC(=O)[C@@H]1CCC[C@@H]2OCC[C@@H]21. The highest BCUT2D eigenvalue weighted by Gasteiger charge is 2.41. The van der Waals surface area contributed by atoms with E-state index >= 15 is 0 Å². The lowest BCUT2D eigenvalue weighted by molar-refractivity contribution is -0.152. The van der Waals surface area contributed by atoms with Gasteiger partial charge in [-0.15, -0.1) is 0 Å². The standard InChI is InChI=1S/C11H18O3/c1-2-13-11(12)9-4-3-5-10-8(9)6-7-14-10/h8-10H,2-7H2,1H3/t8-,9-,10+/m1/s1. The number of fused-ring (bicyclic) bond motifs is 1. The molecule has 0 amide bonds. The molecule has 1 aliphatic carbocycles. The van der Waals surface area contributed by atoms with Gasteiger partial charge in [0.2, 0.25) is 0 Å². The van der Waals surface area contributed by atoms with E-state index in [1.165, 1.54) is 0 Å². The molecule has 14 heavy (non-hydrogen) atoms.